The molecule has 3 aromatic rings. The van der Waals surface area contributed by atoms with Crippen LogP contribution in [0.4, 0.5) is 4.39 Å². The van der Waals surface area contributed by atoms with E-state index in [1.807, 2.05) is 22.9 Å². The Kier molecular flexibility index (Phi) is 4.34. The molecule has 0 aliphatic carbocycles. The molecule has 0 bridgehead atoms. The second-order valence-electron chi connectivity index (χ2n) is 6.15. The molecule has 1 aliphatic heterocycles. The third-order valence-electron chi connectivity index (χ3n) is 4.58. The number of halogens is 2. The normalized spacial score (nSPS) is 17.8. The summed E-state index contributed by atoms with van der Waals surface area (Å²) in [5, 5.41) is 0.471. The standard InChI is InChI=1S/C19H16ClFN2O2S/c20-15-6-8-17(9-7-15)26(24,25)23-12-11-22-10-2-5-18(22)19(23)14-3-1-4-16(21)13-14/h1-10,13,19H,11-12H2. The molecule has 26 heavy (non-hydrogen) atoms. The van der Waals surface area contributed by atoms with Gasteiger partial charge in [0, 0.05) is 30.0 Å². The summed E-state index contributed by atoms with van der Waals surface area (Å²) in [7, 11) is -3.77. The molecule has 0 radical (unpaired) electrons. The summed E-state index contributed by atoms with van der Waals surface area (Å²) in [6.07, 6.45) is 1.91. The van der Waals surface area contributed by atoms with Crippen LogP contribution in [0, 0.1) is 5.82 Å². The first-order valence-electron chi connectivity index (χ1n) is 8.15. The van der Waals surface area contributed by atoms with Crippen LogP contribution < -0.4 is 0 Å². The van der Waals surface area contributed by atoms with E-state index in [-0.39, 0.29) is 4.90 Å². The van der Waals surface area contributed by atoms with Gasteiger partial charge in [0.25, 0.3) is 0 Å². The topological polar surface area (TPSA) is 42.3 Å². The van der Waals surface area contributed by atoms with E-state index in [4.69, 9.17) is 11.6 Å². The fraction of sp³-hybridized carbons (Fsp3) is 0.158. The van der Waals surface area contributed by atoms with Gasteiger partial charge >= 0.3 is 0 Å². The lowest BCUT2D eigenvalue weighted by atomic mass is 10.0. The fourth-order valence-electron chi connectivity index (χ4n) is 3.38. The van der Waals surface area contributed by atoms with Crippen LogP contribution in [-0.2, 0) is 16.6 Å². The molecule has 0 fully saturated rings. The van der Waals surface area contributed by atoms with Crippen molar-refractivity contribution in [3.8, 4) is 0 Å². The molecule has 0 N–H and O–H groups in total. The SMILES string of the molecule is O=S(=O)(c1ccc(Cl)cc1)N1CCn2cccc2C1c1cccc(F)c1. The van der Waals surface area contributed by atoms with Crippen molar-refractivity contribution in [3.05, 3.63) is 89.0 Å². The van der Waals surface area contributed by atoms with Gasteiger partial charge in [-0.3, -0.25) is 0 Å². The fourth-order valence-corrected chi connectivity index (χ4v) is 5.08. The maximum Gasteiger partial charge on any atom is 0.244 e. The smallest absolute Gasteiger partial charge is 0.244 e. The molecular weight excluding hydrogens is 375 g/mol. The van der Waals surface area contributed by atoms with Gasteiger partial charge in [0.2, 0.25) is 10.0 Å². The molecule has 1 aromatic heterocycles. The Balaban J connectivity index is 1.85. The van der Waals surface area contributed by atoms with Crippen LogP contribution in [0.25, 0.3) is 0 Å². The van der Waals surface area contributed by atoms with Crippen molar-refractivity contribution < 1.29 is 12.8 Å². The Morgan fingerprint density at radius 3 is 2.50 bits per heavy atom. The summed E-state index contributed by atoms with van der Waals surface area (Å²) in [5.41, 5.74) is 1.42. The van der Waals surface area contributed by atoms with E-state index in [1.165, 1.54) is 28.6 Å². The van der Waals surface area contributed by atoms with E-state index >= 15 is 0 Å². The predicted octanol–water partition coefficient (Wildman–Crippen LogP) is 4.07. The van der Waals surface area contributed by atoms with Crippen LogP contribution in [0.15, 0.2) is 71.8 Å². The molecular formula is C19H16ClFN2O2S. The van der Waals surface area contributed by atoms with Crippen LogP contribution in [-0.4, -0.2) is 23.8 Å². The largest absolute Gasteiger partial charge is 0.348 e. The molecule has 0 spiro atoms. The molecule has 4 rings (SSSR count). The molecule has 1 unspecified atom stereocenters. The summed E-state index contributed by atoms with van der Waals surface area (Å²) in [6.45, 7) is 0.842. The van der Waals surface area contributed by atoms with Gasteiger partial charge in [-0.15, -0.1) is 0 Å². The number of benzene rings is 2. The zero-order valence-corrected chi connectivity index (χ0v) is 15.3. The number of aromatic nitrogens is 1. The van der Waals surface area contributed by atoms with Crippen molar-refractivity contribution in [3.63, 3.8) is 0 Å². The summed E-state index contributed by atoms with van der Waals surface area (Å²) in [6, 6.07) is 15.3. The van der Waals surface area contributed by atoms with E-state index in [9.17, 15) is 12.8 Å². The molecule has 0 saturated carbocycles. The van der Waals surface area contributed by atoms with E-state index in [2.05, 4.69) is 0 Å². The van der Waals surface area contributed by atoms with E-state index < -0.39 is 21.9 Å². The molecule has 2 heterocycles. The van der Waals surface area contributed by atoms with Gasteiger partial charge in [-0.25, -0.2) is 12.8 Å². The van der Waals surface area contributed by atoms with Crippen LogP contribution >= 0.6 is 11.6 Å². The Morgan fingerprint density at radius 2 is 1.77 bits per heavy atom. The third kappa shape index (κ3) is 2.94. The Labute approximate surface area is 156 Å². The second kappa shape index (κ2) is 6.54. The van der Waals surface area contributed by atoms with Crippen molar-refractivity contribution >= 4 is 21.6 Å². The molecule has 7 heteroatoms. The van der Waals surface area contributed by atoms with Gasteiger partial charge in [0.05, 0.1) is 10.9 Å². The molecule has 134 valence electrons. The second-order valence-corrected chi connectivity index (χ2v) is 8.48. The van der Waals surface area contributed by atoms with E-state index in [0.717, 1.165) is 5.69 Å². The zero-order chi connectivity index (χ0) is 18.3. The molecule has 2 aromatic carbocycles. The lowest BCUT2D eigenvalue weighted by Crippen LogP contribution is -2.42. The Morgan fingerprint density at radius 1 is 1.00 bits per heavy atom. The minimum atomic E-state index is -3.77. The molecule has 1 atom stereocenters. The maximum atomic E-state index is 13.8. The van der Waals surface area contributed by atoms with Crippen molar-refractivity contribution in [1.29, 1.82) is 0 Å². The highest BCUT2D eigenvalue weighted by Gasteiger charge is 2.37. The van der Waals surface area contributed by atoms with Crippen molar-refractivity contribution in [1.82, 2.24) is 8.87 Å². The van der Waals surface area contributed by atoms with Gasteiger partial charge < -0.3 is 4.57 Å². The maximum absolute atomic E-state index is 13.8. The lowest BCUT2D eigenvalue weighted by Gasteiger charge is -2.36. The van der Waals surface area contributed by atoms with Gasteiger partial charge in [-0.1, -0.05) is 23.7 Å². The average Bonchev–Trinajstić information content (AvgIpc) is 3.10. The van der Waals surface area contributed by atoms with Crippen LogP contribution in [0.1, 0.15) is 17.3 Å². The van der Waals surface area contributed by atoms with Gasteiger partial charge in [-0.05, 0) is 54.1 Å². The van der Waals surface area contributed by atoms with E-state index in [1.54, 1.807) is 24.3 Å². The minimum Gasteiger partial charge on any atom is -0.348 e. The van der Waals surface area contributed by atoms with Crippen LogP contribution in [0.3, 0.4) is 0 Å². The first-order chi connectivity index (χ1) is 12.5. The Hall–Kier alpha value is -2.15. The molecule has 0 saturated heterocycles. The molecule has 4 nitrogen and oxygen atoms in total. The average molecular weight is 391 g/mol. The Bertz CT molecular complexity index is 1050. The van der Waals surface area contributed by atoms with E-state index in [0.29, 0.717) is 23.7 Å². The predicted molar refractivity (Wildman–Crippen MR) is 98.0 cm³/mol. The number of hydrogen-bond acceptors (Lipinski definition) is 2. The lowest BCUT2D eigenvalue weighted by molar-refractivity contribution is 0.298. The first kappa shape index (κ1) is 17.3. The third-order valence-corrected chi connectivity index (χ3v) is 6.71. The summed E-state index contributed by atoms with van der Waals surface area (Å²) < 4.78 is 43.8. The van der Waals surface area contributed by atoms with Gasteiger partial charge in [-0.2, -0.15) is 4.31 Å². The van der Waals surface area contributed by atoms with Crippen molar-refractivity contribution in [2.24, 2.45) is 0 Å². The molecule has 0 amide bonds. The summed E-state index contributed by atoms with van der Waals surface area (Å²) in [4.78, 5) is 0.170. The number of fused-ring (bicyclic) bond motifs is 1. The monoisotopic (exact) mass is 390 g/mol. The van der Waals surface area contributed by atoms with Crippen molar-refractivity contribution in [2.75, 3.05) is 6.54 Å². The number of rotatable bonds is 3. The van der Waals surface area contributed by atoms with Crippen LogP contribution in [0.5, 0.6) is 0 Å². The minimum absolute atomic E-state index is 0.170. The van der Waals surface area contributed by atoms with Gasteiger partial charge in [0.15, 0.2) is 0 Å². The highest BCUT2D eigenvalue weighted by atomic mass is 35.5. The summed E-state index contributed by atoms with van der Waals surface area (Å²) >= 11 is 5.89. The van der Waals surface area contributed by atoms with Crippen LogP contribution in [0.2, 0.25) is 5.02 Å². The summed E-state index contributed by atoms with van der Waals surface area (Å²) in [5.74, 6) is -0.393. The number of hydrogen-bond donors (Lipinski definition) is 0. The van der Waals surface area contributed by atoms with Crippen molar-refractivity contribution in [2.45, 2.75) is 17.5 Å². The first-order valence-corrected chi connectivity index (χ1v) is 9.96. The quantitative estimate of drug-likeness (QED) is 0.676. The molecule has 1 aliphatic rings. The number of sulfonamides is 1. The number of nitrogens with zero attached hydrogens (tertiary/aromatic N) is 2. The highest BCUT2D eigenvalue weighted by molar-refractivity contribution is 7.89. The highest BCUT2D eigenvalue weighted by Crippen LogP contribution is 2.36. The zero-order valence-electron chi connectivity index (χ0n) is 13.7. The van der Waals surface area contributed by atoms with Gasteiger partial charge in [0.1, 0.15) is 5.82 Å².